The summed E-state index contributed by atoms with van der Waals surface area (Å²) in [5.41, 5.74) is 11.5. The Balaban J connectivity index is 1.04. The Kier molecular flexibility index (Phi) is 6.42. The third kappa shape index (κ3) is 4.51. The van der Waals surface area contributed by atoms with Gasteiger partial charge < -0.3 is 13.7 Å². The number of rotatable bonds is 5. The lowest BCUT2D eigenvalue weighted by molar-refractivity contribution is 0.663. The minimum atomic E-state index is 0.866. The molecule has 3 aromatic heterocycles. The molecule has 0 N–H and O–H groups in total. The topological polar surface area (TPSA) is 29.5 Å². The summed E-state index contributed by atoms with van der Waals surface area (Å²) in [6.07, 6.45) is 0. The summed E-state index contributed by atoms with van der Waals surface area (Å²) in [5, 5.41) is 6.97. The van der Waals surface area contributed by atoms with Gasteiger partial charge in [-0.05, 0) is 89.0 Å². The second-order valence-electron chi connectivity index (χ2n) is 13.3. The Morgan fingerprint density at radius 2 is 0.981 bits per heavy atom. The Morgan fingerprint density at radius 3 is 1.83 bits per heavy atom. The van der Waals surface area contributed by atoms with Crippen molar-refractivity contribution in [2.24, 2.45) is 0 Å². The van der Waals surface area contributed by atoms with Crippen molar-refractivity contribution < 1.29 is 8.83 Å². The van der Waals surface area contributed by atoms with Gasteiger partial charge in [0.15, 0.2) is 0 Å². The summed E-state index contributed by atoms with van der Waals surface area (Å²) < 4.78 is 15.2. The molecule has 4 heteroatoms. The highest BCUT2D eigenvalue weighted by molar-refractivity contribution is 7.26. The molecule has 0 aliphatic carbocycles. The number of hydrogen-bond donors (Lipinski definition) is 0. The second kappa shape index (κ2) is 11.5. The Labute approximate surface area is 303 Å². The molecular weight excluding hydrogens is 655 g/mol. The predicted molar refractivity (Wildman–Crippen MR) is 219 cm³/mol. The van der Waals surface area contributed by atoms with Crippen LogP contribution in [0.3, 0.4) is 0 Å². The number of thiophene rings is 1. The third-order valence-electron chi connectivity index (χ3n) is 10.3. The first-order chi connectivity index (χ1) is 25.8. The van der Waals surface area contributed by atoms with Gasteiger partial charge >= 0.3 is 0 Å². The molecule has 0 spiro atoms. The van der Waals surface area contributed by atoms with Gasteiger partial charge in [0, 0.05) is 48.4 Å². The summed E-state index contributed by atoms with van der Waals surface area (Å²) in [6.45, 7) is 0. The lowest BCUT2D eigenvalue weighted by Gasteiger charge is -2.27. The summed E-state index contributed by atoms with van der Waals surface area (Å²) >= 11 is 1.85. The summed E-state index contributed by atoms with van der Waals surface area (Å²) in [6, 6.07) is 62.6. The van der Waals surface area contributed by atoms with Crippen molar-refractivity contribution in [3.63, 3.8) is 0 Å². The molecule has 0 atom stereocenters. The fourth-order valence-corrected chi connectivity index (χ4v) is 9.06. The van der Waals surface area contributed by atoms with Crippen LogP contribution in [0.4, 0.5) is 17.1 Å². The van der Waals surface area contributed by atoms with E-state index in [0.29, 0.717) is 0 Å². The van der Waals surface area contributed by atoms with Crippen LogP contribution >= 0.6 is 11.3 Å². The van der Waals surface area contributed by atoms with Crippen molar-refractivity contribution in [3.05, 3.63) is 176 Å². The summed E-state index contributed by atoms with van der Waals surface area (Å²) in [5.74, 6) is 0. The maximum absolute atomic E-state index is 6.48. The predicted octanol–water partition coefficient (Wildman–Crippen LogP) is 14.7. The highest BCUT2D eigenvalue weighted by atomic mass is 32.1. The highest BCUT2D eigenvalue weighted by Gasteiger charge is 2.20. The van der Waals surface area contributed by atoms with Gasteiger partial charge in [0.1, 0.15) is 22.3 Å². The SMILES string of the molecule is c1ccc(-c2cccc(N(c3ccc(-c4ccc5c(c4)oc4ccc6oc7ccccc7c6c45)cc3)c3cccc4c3sc3ccccc34)c2)cc1. The molecule has 0 bridgehead atoms. The number of furan rings is 2. The summed E-state index contributed by atoms with van der Waals surface area (Å²) in [7, 11) is 0. The summed E-state index contributed by atoms with van der Waals surface area (Å²) in [4.78, 5) is 2.40. The first kappa shape index (κ1) is 29.1. The molecule has 0 unspecified atom stereocenters. The Morgan fingerprint density at radius 1 is 0.365 bits per heavy atom. The lowest BCUT2D eigenvalue weighted by atomic mass is 10.0. The van der Waals surface area contributed by atoms with E-state index in [9.17, 15) is 0 Å². The molecule has 8 aromatic carbocycles. The van der Waals surface area contributed by atoms with Gasteiger partial charge in [0.25, 0.3) is 0 Å². The Bertz CT molecular complexity index is 3130. The van der Waals surface area contributed by atoms with Crippen molar-refractivity contribution in [3.8, 4) is 22.3 Å². The van der Waals surface area contributed by atoms with Gasteiger partial charge in [0.05, 0.1) is 10.4 Å². The van der Waals surface area contributed by atoms with Gasteiger partial charge in [-0.3, -0.25) is 0 Å². The molecule has 0 radical (unpaired) electrons. The molecule has 0 saturated heterocycles. The average Bonchev–Trinajstić information content (AvgIpc) is 3.90. The minimum absolute atomic E-state index is 0.866. The zero-order valence-corrected chi connectivity index (χ0v) is 28.7. The molecule has 11 aromatic rings. The molecule has 0 aliphatic heterocycles. The molecule has 0 saturated carbocycles. The zero-order valence-electron chi connectivity index (χ0n) is 27.9. The Hall–Kier alpha value is -6.62. The number of para-hydroxylation sites is 1. The van der Waals surface area contributed by atoms with Gasteiger partial charge in [-0.1, -0.05) is 109 Å². The quantitative estimate of drug-likeness (QED) is 0.181. The fourth-order valence-electron chi connectivity index (χ4n) is 7.86. The van der Waals surface area contributed by atoms with Gasteiger partial charge in [0.2, 0.25) is 0 Å². The fraction of sp³-hybridized carbons (Fsp3) is 0. The molecule has 0 aliphatic rings. The van der Waals surface area contributed by atoms with Crippen LogP contribution in [0.5, 0.6) is 0 Å². The average molecular weight is 684 g/mol. The van der Waals surface area contributed by atoms with E-state index in [4.69, 9.17) is 8.83 Å². The maximum atomic E-state index is 6.48. The third-order valence-corrected chi connectivity index (χ3v) is 11.5. The molecule has 244 valence electrons. The maximum Gasteiger partial charge on any atom is 0.136 e. The second-order valence-corrected chi connectivity index (χ2v) is 14.3. The van der Waals surface area contributed by atoms with Crippen molar-refractivity contribution in [2.45, 2.75) is 0 Å². The number of fused-ring (bicyclic) bond motifs is 10. The van der Waals surface area contributed by atoms with Crippen molar-refractivity contribution in [1.82, 2.24) is 0 Å². The molecule has 11 rings (SSSR count). The van der Waals surface area contributed by atoms with E-state index in [1.807, 2.05) is 35.6 Å². The van der Waals surface area contributed by atoms with Crippen molar-refractivity contribution in [1.29, 1.82) is 0 Å². The van der Waals surface area contributed by atoms with E-state index >= 15 is 0 Å². The lowest BCUT2D eigenvalue weighted by Crippen LogP contribution is -2.10. The van der Waals surface area contributed by atoms with Crippen LogP contribution in [0, 0.1) is 0 Å². The number of anilines is 3. The number of nitrogens with zero attached hydrogens (tertiary/aromatic N) is 1. The van der Waals surface area contributed by atoms with E-state index in [0.717, 1.165) is 66.4 Å². The van der Waals surface area contributed by atoms with Crippen LogP contribution in [0.25, 0.3) is 86.3 Å². The van der Waals surface area contributed by atoms with E-state index in [-0.39, 0.29) is 0 Å². The largest absolute Gasteiger partial charge is 0.456 e. The van der Waals surface area contributed by atoms with Crippen molar-refractivity contribution >= 4 is 92.4 Å². The molecule has 0 fully saturated rings. The molecule has 0 amide bonds. The van der Waals surface area contributed by atoms with Crippen molar-refractivity contribution in [2.75, 3.05) is 4.90 Å². The number of hydrogen-bond acceptors (Lipinski definition) is 4. The molecule has 3 nitrogen and oxygen atoms in total. The minimum Gasteiger partial charge on any atom is -0.456 e. The molecule has 52 heavy (non-hydrogen) atoms. The monoisotopic (exact) mass is 683 g/mol. The standard InChI is InChI=1S/C48H29NO2S/c1-2-10-30(11-3-1)32-12-8-13-35(28-32)49(40-17-9-16-37-36-14-5-7-19-45(36)52-48(37)40)34-23-20-31(21-24-34)33-22-25-39-44(29-33)51-43-27-26-42-46(47(39)43)38-15-4-6-18-41(38)50-42/h1-29H. The normalized spacial score (nSPS) is 11.8. The van der Waals surface area contributed by atoms with E-state index < -0.39 is 0 Å². The van der Waals surface area contributed by atoms with Crippen LogP contribution < -0.4 is 4.90 Å². The van der Waals surface area contributed by atoms with Crippen LogP contribution in [0.15, 0.2) is 185 Å². The van der Waals surface area contributed by atoms with Crippen LogP contribution in [-0.2, 0) is 0 Å². The van der Waals surface area contributed by atoms with Crippen LogP contribution in [0.1, 0.15) is 0 Å². The smallest absolute Gasteiger partial charge is 0.136 e. The molecular formula is C48H29NO2S. The van der Waals surface area contributed by atoms with E-state index in [2.05, 4.69) is 157 Å². The zero-order chi connectivity index (χ0) is 34.2. The molecule has 3 heterocycles. The first-order valence-electron chi connectivity index (χ1n) is 17.5. The van der Waals surface area contributed by atoms with Gasteiger partial charge in [-0.25, -0.2) is 0 Å². The van der Waals surface area contributed by atoms with Crippen LogP contribution in [-0.4, -0.2) is 0 Å². The highest BCUT2D eigenvalue weighted by Crippen LogP contribution is 2.46. The van der Waals surface area contributed by atoms with Gasteiger partial charge in [-0.15, -0.1) is 11.3 Å². The first-order valence-corrected chi connectivity index (χ1v) is 18.3. The number of benzene rings is 8. The van der Waals surface area contributed by atoms with Crippen LogP contribution in [0.2, 0.25) is 0 Å². The van der Waals surface area contributed by atoms with E-state index in [1.54, 1.807) is 0 Å². The van der Waals surface area contributed by atoms with Gasteiger partial charge in [-0.2, -0.15) is 0 Å². The van der Waals surface area contributed by atoms with E-state index in [1.165, 1.54) is 37.0 Å².